The third-order valence-corrected chi connectivity index (χ3v) is 3.09. The summed E-state index contributed by atoms with van der Waals surface area (Å²) in [6.07, 6.45) is 1.71. The molecule has 0 saturated heterocycles. The van der Waals surface area contributed by atoms with Gasteiger partial charge in [0.15, 0.2) is 0 Å². The second-order valence-electron chi connectivity index (χ2n) is 4.32. The van der Waals surface area contributed by atoms with E-state index >= 15 is 0 Å². The van der Waals surface area contributed by atoms with Crippen molar-refractivity contribution < 1.29 is 4.42 Å². The minimum absolute atomic E-state index is 0.327. The third kappa shape index (κ3) is 2.90. The van der Waals surface area contributed by atoms with E-state index in [1.54, 1.807) is 6.20 Å². The number of aromatic nitrogens is 2. The van der Waals surface area contributed by atoms with E-state index in [-0.39, 0.29) is 0 Å². The average molecular weight is 276 g/mol. The summed E-state index contributed by atoms with van der Waals surface area (Å²) in [5.74, 6) is 2.09. The van der Waals surface area contributed by atoms with Crippen LogP contribution >= 0.6 is 12.2 Å². The van der Waals surface area contributed by atoms with E-state index in [1.807, 2.05) is 26.8 Å². The zero-order valence-corrected chi connectivity index (χ0v) is 12.0. The fraction of sp³-hybridized carbons (Fsp3) is 0.308. The second kappa shape index (κ2) is 5.36. The van der Waals surface area contributed by atoms with Crippen LogP contribution in [0.1, 0.15) is 28.5 Å². The van der Waals surface area contributed by atoms with Gasteiger partial charge in [-0.15, -0.1) is 0 Å². The molecule has 0 spiro atoms. The van der Waals surface area contributed by atoms with Crippen molar-refractivity contribution in [1.82, 2.24) is 9.97 Å². The average Bonchev–Trinajstić information content (AvgIpc) is 2.65. The minimum atomic E-state index is 0.327. The number of rotatable bonds is 4. The molecule has 0 saturated carbocycles. The Morgan fingerprint density at radius 1 is 1.42 bits per heavy atom. The highest BCUT2D eigenvalue weighted by atomic mass is 32.1. The van der Waals surface area contributed by atoms with Gasteiger partial charge in [0.05, 0.1) is 17.8 Å². The largest absolute Gasteiger partial charge is 0.444 e. The Balaban J connectivity index is 2.20. The van der Waals surface area contributed by atoms with Gasteiger partial charge in [-0.25, -0.2) is 9.97 Å². The fourth-order valence-corrected chi connectivity index (χ4v) is 2.04. The maximum absolute atomic E-state index is 5.72. The van der Waals surface area contributed by atoms with Gasteiger partial charge in [-0.1, -0.05) is 12.2 Å². The first kappa shape index (κ1) is 13.5. The molecular weight excluding hydrogens is 260 g/mol. The predicted molar refractivity (Wildman–Crippen MR) is 78.2 cm³/mol. The Morgan fingerprint density at radius 2 is 2.16 bits per heavy atom. The molecule has 2 heterocycles. The number of hydrogen-bond acceptors (Lipinski definition) is 5. The van der Waals surface area contributed by atoms with Crippen LogP contribution in [-0.2, 0) is 6.54 Å². The molecule has 3 N–H and O–H groups in total. The van der Waals surface area contributed by atoms with Crippen LogP contribution < -0.4 is 11.1 Å². The summed E-state index contributed by atoms with van der Waals surface area (Å²) >= 11 is 5.05. The van der Waals surface area contributed by atoms with E-state index < -0.39 is 0 Å². The zero-order valence-electron chi connectivity index (χ0n) is 11.2. The van der Waals surface area contributed by atoms with Gasteiger partial charge in [0.25, 0.3) is 0 Å². The Bertz CT molecular complexity index is 602. The topological polar surface area (TPSA) is 77.0 Å². The molecule has 0 aromatic carbocycles. The first-order valence-corrected chi connectivity index (χ1v) is 6.32. The molecular formula is C13H16N4OS. The molecule has 6 heteroatoms. The Hall–Kier alpha value is -1.95. The van der Waals surface area contributed by atoms with Gasteiger partial charge < -0.3 is 15.5 Å². The third-order valence-electron chi connectivity index (χ3n) is 2.89. The molecule has 2 rings (SSSR count). The molecule has 100 valence electrons. The van der Waals surface area contributed by atoms with Crippen molar-refractivity contribution in [3.8, 4) is 0 Å². The minimum Gasteiger partial charge on any atom is -0.444 e. The lowest BCUT2D eigenvalue weighted by molar-refractivity contribution is 0.478. The molecule has 0 aliphatic heterocycles. The summed E-state index contributed by atoms with van der Waals surface area (Å²) in [6, 6.07) is 1.87. The lowest BCUT2D eigenvalue weighted by atomic mass is 10.1. The van der Waals surface area contributed by atoms with E-state index in [0.29, 0.717) is 23.2 Å². The van der Waals surface area contributed by atoms with Crippen LogP contribution in [0.5, 0.6) is 0 Å². The van der Waals surface area contributed by atoms with Gasteiger partial charge in [-0.3, -0.25) is 0 Å². The Morgan fingerprint density at radius 3 is 2.74 bits per heavy atom. The number of pyridine rings is 1. The van der Waals surface area contributed by atoms with Crippen LogP contribution in [0.3, 0.4) is 0 Å². The van der Waals surface area contributed by atoms with E-state index in [9.17, 15) is 0 Å². The molecule has 19 heavy (non-hydrogen) atoms. The maximum Gasteiger partial charge on any atom is 0.213 e. The van der Waals surface area contributed by atoms with Crippen LogP contribution in [0.25, 0.3) is 0 Å². The van der Waals surface area contributed by atoms with Gasteiger partial charge >= 0.3 is 0 Å². The molecule has 0 bridgehead atoms. The molecule has 2 aromatic heterocycles. The number of oxazole rings is 1. The standard InChI is InChI=1S/C13H16N4OS/c1-7-4-5-15-13(11(7)12(14)19)16-6-10-17-8(2)9(3)18-10/h4-5H,6H2,1-3H3,(H2,14,19)(H,15,16). The molecule has 0 aliphatic rings. The molecule has 0 unspecified atom stereocenters. The van der Waals surface area contributed by atoms with Crippen molar-refractivity contribution in [2.24, 2.45) is 5.73 Å². The molecule has 2 aromatic rings. The number of aryl methyl sites for hydroxylation is 3. The summed E-state index contributed by atoms with van der Waals surface area (Å²) in [7, 11) is 0. The summed E-state index contributed by atoms with van der Waals surface area (Å²) in [5.41, 5.74) is 8.37. The molecule has 0 amide bonds. The van der Waals surface area contributed by atoms with Crippen molar-refractivity contribution in [1.29, 1.82) is 0 Å². The molecule has 0 aliphatic carbocycles. The Labute approximate surface area is 117 Å². The smallest absolute Gasteiger partial charge is 0.213 e. The van der Waals surface area contributed by atoms with Gasteiger partial charge in [-0.05, 0) is 32.4 Å². The summed E-state index contributed by atoms with van der Waals surface area (Å²) in [5, 5.41) is 3.16. The lowest BCUT2D eigenvalue weighted by Crippen LogP contribution is -2.16. The summed E-state index contributed by atoms with van der Waals surface area (Å²) in [4.78, 5) is 8.88. The number of thiocarbonyl (C=S) groups is 1. The van der Waals surface area contributed by atoms with Gasteiger partial charge in [0, 0.05) is 6.20 Å². The van der Waals surface area contributed by atoms with E-state index in [2.05, 4.69) is 15.3 Å². The molecule has 0 atom stereocenters. The van der Waals surface area contributed by atoms with Crippen molar-refractivity contribution >= 4 is 23.0 Å². The molecule has 0 radical (unpaired) electrons. The van der Waals surface area contributed by atoms with Crippen molar-refractivity contribution in [3.63, 3.8) is 0 Å². The van der Waals surface area contributed by atoms with Gasteiger partial charge in [0.1, 0.15) is 16.6 Å². The normalized spacial score (nSPS) is 10.5. The number of nitrogens with two attached hydrogens (primary N) is 1. The van der Waals surface area contributed by atoms with Crippen LogP contribution in [0.15, 0.2) is 16.7 Å². The van der Waals surface area contributed by atoms with Crippen LogP contribution in [0, 0.1) is 20.8 Å². The van der Waals surface area contributed by atoms with Crippen molar-refractivity contribution in [3.05, 3.63) is 40.7 Å². The SMILES string of the molecule is Cc1ccnc(NCc2nc(C)c(C)o2)c1C(N)=S. The first-order valence-electron chi connectivity index (χ1n) is 5.91. The fourth-order valence-electron chi connectivity index (χ4n) is 1.78. The monoisotopic (exact) mass is 276 g/mol. The zero-order chi connectivity index (χ0) is 14.0. The predicted octanol–water partition coefficient (Wildman–Crippen LogP) is 2.24. The van der Waals surface area contributed by atoms with Crippen molar-refractivity contribution in [2.45, 2.75) is 27.3 Å². The second-order valence-corrected chi connectivity index (χ2v) is 4.76. The highest BCUT2D eigenvalue weighted by molar-refractivity contribution is 7.80. The Kier molecular flexibility index (Phi) is 3.80. The van der Waals surface area contributed by atoms with E-state index in [0.717, 1.165) is 22.6 Å². The van der Waals surface area contributed by atoms with E-state index in [4.69, 9.17) is 22.4 Å². The van der Waals surface area contributed by atoms with Crippen molar-refractivity contribution in [2.75, 3.05) is 5.32 Å². The highest BCUT2D eigenvalue weighted by Crippen LogP contribution is 2.17. The summed E-state index contributed by atoms with van der Waals surface area (Å²) in [6.45, 7) is 6.19. The quantitative estimate of drug-likeness (QED) is 0.834. The van der Waals surface area contributed by atoms with Crippen LogP contribution in [0.4, 0.5) is 5.82 Å². The number of nitrogens with zero attached hydrogens (tertiary/aromatic N) is 2. The van der Waals surface area contributed by atoms with Crippen LogP contribution in [-0.4, -0.2) is 15.0 Å². The number of nitrogens with one attached hydrogen (secondary N) is 1. The van der Waals surface area contributed by atoms with Gasteiger partial charge in [-0.2, -0.15) is 0 Å². The van der Waals surface area contributed by atoms with E-state index in [1.165, 1.54) is 0 Å². The molecule has 0 fully saturated rings. The lowest BCUT2D eigenvalue weighted by Gasteiger charge is -2.10. The molecule has 5 nitrogen and oxygen atoms in total. The maximum atomic E-state index is 5.72. The number of anilines is 1. The van der Waals surface area contributed by atoms with Crippen LogP contribution in [0.2, 0.25) is 0 Å². The highest BCUT2D eigenvalue weighted by Gasteiger charge is 2.11. The first-order chi connectivity index (χ1) is 8.99. The van der Waals surface area contributed by atoms with Gasteiger partial charge in [0.2, 0.25) is 5.89 Å². The number of hydrogen-bond donors (Lipinski definition) is 2. The summed E-state index contributed by atoms with van der Waals surface area (Å²) < 4.78 is 5.50.